The lowest BCUT2D eigenvalue weighted by molar-refractivity contribution is 0.102. The molecule has 34 heavy (non-hydrogen) atoms. The number of likely N-dealkylation sites (N-methyl/N-ethyl adjacent to an activating group) is 1. The Hall–Kier alpha value is -3.35. The first-order valence-corrected chi connectivity index (χ1v) is 11.9. The summed E-state index contributed by atoms with van der Waals surface area (Å²) in [6.07, 6.45) is 0. The van der Waals surface area contributed by atoms with E-state index in [1.54, 1.807) is 12.1 Å². The fraction of sp³-hybridized carbons (Fsp3) is 0.259. The fourth-order valence-corrected chi connectivity index (χ4v) is 4.65. The van der Waals surface area contributed by atoms with Gasteiger partial charge in [-0.25, -0.2) is 0 Å². The number of rotatable bonds is 5. The second-order valence-corrected chi connectivity index (χ2v) is 9.06. The number of carbonyl (C=O) groups is 1. The number of aryl methyl sites for hydroxylation is 1. The number of nitrogens with zero attached hydrogens (tertiary/aromatic N) is 3. The molecule has 0 bridgehead atoms. The third kappa shape index (κ3) is 4.52. The van der Waals surface area contributed by atoms with Gasteiger partial charge in [0.25, 0.3) is 5.91 Å². The molecule has 1 amide bonds. The molecule has 1 aliphatic rings. The highest BCUT2D eigenvalue weighted by Gasteiger charge is 2.19. The number of nitrogens with one attached hydrogen (secondary N) is 1. The lowest BCUT2D eigenvalue weighted by Gasteiger charge is -2.36. The van der Waals surface area contributed by atoms with Gasteiger partial charge in [-0.2, -0.15) is 0 Å². The summed E-state index contributed by atoms with van der Waals surface area (Å²) >= 11 is 6.60. The van der Waals surface area contributed by atoms with Gasteiger partial charge >= 0.3 is 0 Å². The highest BCUT2D eigenvalue weighted by atomic mass is 35.5. The minimum atomic E-state index is -0.210. The van der Waals surface area contributed by atoms with Gasteiger partial charge in [0.05, 0.1) is 16.1 Å². The number of amides is 1. The number of anilines is 2. The van der Waals surface area contributed by atoms with E-state index in [2.05, 4.69) is 27.2 Å². The van der Waals surface area contributed by atoms with Crippen molar-refractivity contribution in [1.29, 1.82) is 0 Å². The summed E-state index contributed by atoms with van der Waals surface area (Å²) in [6.45, 7) is 9.24. The van der Waals surface area contributed by atoms with Crippen molar-refractivity contribution in [2.75, 3.05) is 42.9 Å². The molecule has 2 heterocycles. The first-order valence-electron chi connectivity index (χ1n) is 11.6. The van der Waals surface area contributed by atoms with Gasteiger partial charge in [0.1, 0.15) is 5.52 Å². The zero-order valence-electron chi connectivity index (χ0n) is 19.3. The van der Waals surface area contributed by atoms with Crippen LogP contribution in [0.2, 0.25) is 5.02 Å². The van der Waals surface area contributed by atoms with Crippen LogP contribution >= 0.6 is 11.6 Å². The zero-order valence-corrected chi connectivity index (χ0v) is 20.1. The molecule has 1 fully saturated rings. The van der Waals surface area contributed by atoms with Crippen molar-refractivity contribution >= 4 is 39.8 Å². The normalized spacial score (nSPS) is 14.5. The summed E-state index contributed by atoms with van der Waals surface area (Å²) in [6, 6.07) is 19.1. The minimum Gasteiger partial charge on any atom is -0.368 e. The molecule has 1 aliphatic heterocycles. The van der Waals surface area contributed by atoms with Gasteiger partial charge in [-0.15, -0.1) is 0 Å². The van der Waals surface area contributed by atoms with E-state index in [1.807, 2.05) is 55.5 Å². The smallest absolute Gasteiger partial charge is 0.255 e. The Morgan fingerprint density at radius 1 is 1.03 bits per heavy atom. The lowest BCUT2D eigenvalue weighted by Crippen LogP contribution is -2.46. The SMILES string of the molecule is CCN1CCN(c2ccc(NC(=O)c3ccc4noc(-c5ccc(C)cc5)c4c3)cc2Cl)CC1. The molecule has 4 aromatic rings. The van der Waals surface area contributed by atoms with E-state index in [9.17, 15) is 4.79 Å². The van der Waals surface area contributed by atoms with E-state index >= 15 is 0 Å². The molecule has 1 N–H and O–H groups in total. The predicted octanol–water partition coefficient (Wildman–Crippen LogP) is 5.85. The van der Waals surface area contributed by atoms with E-state index < -0.39 is 0 Å². The van der Waals surface area contributed by atoms with Gasteiger partial charge in [0.2, 0.25) is 0 Å². The number of hydrogen-bond donors (Lipinski definition) is 1. The standard InChI is InChI=1S/C27H27ClN4O2/c1-3-31-12-14-32(15-13-31)25-11-9-21(17-23(25)28)29-27(33)20-8-10-24-22(16-20)26(34-30-24)19-6-4-18(2)5-7-19/h4-11,16-17H,3,12-15H2,1-2H3,(H,29,33). The van der Waals surface area contributed by atoms with Crippen molar-refractivity contribution in [3.63, 3.8) is 0 Å². The number of hydrogen-bond acceptors (Lipinski definition) is 5. The first-order chi connectivity index (χ1) is 16.5. The van der Waals surface area contributed by atoms with E-state index in [0.717, 1.165) is 49.4 Å². The van der Waals surface area contributed by atoms with Crippen LogP contribution in [-0.2, 0) is 0 Å². The Balaban J connectivity index is 1.34. The largest absolute Gasteiger partial charge is 0.368 e. The van der Waals surface area contributed by atoms with Crippen LogP contribution in [0.3, 0.4) is 0 Å². The summed E-state index contributed by atoms with van der Waals surface area (Å²) in [5.41, 5.74) is 5.00. The van der Waals surface area contributed by atoms with Crippen LogP contribution in [0.5, 0.6) is 0 Å². The van der Waals surface area contributed by atoms with Crippen LogP contribution in [0, 0.1) is 6.92 Å². The highest BCUT2D eigenvalue weighted by Crippen LogP contribution is 2.31. The summed E-state index contributed by atoms with van der Waals surface area (Å²) < 4.78 is 5.59. The number of benzene rings is 3. The molecule has 1 saturated heterocycles. The molecule has 6 nitrogen and oxygen atoms in total. The minimum absolute atomic E-state index is 0.210. The number of fused-ring (bicyclic) bond motifs is 1. The van der Waals surface area contributed by atoms with E-state index in [0.29, 0.717) is 27.6 Å². The molecular formula is C27H27ClN4O2. The molecule has 0 saturated carbocycles. The van der Waals surface area contributed by atoms with Crippen LogP contribution in [0.25, 0.3) is 22.2 Å². The summed E-state index contributed by atoms with van der Waals surface area (Å²) in [7, 11) is 0. The molecule has 0 aliphatic carbocycles. The molecule has 3 aromatic carbocycles. The maximum atomic E-state index is 13.0. The van der Waals surface area contributed by atoms with Gasteiger partial charge in [-0.05, 0) is 49.9 Å². The molecule has 5 rings (SSSR count). The van der Waals surface area contributed by atoms with Crippen molar-refractivity contribution in [1.82, 2.24) is 10.1 Å². The monoisotopic (exact) mass is 474 g/mol. The maximum Gasteiger partial charge on any atom is 0.255 e. The Bertz CT molecular complexity index is 1320. The summed E-state index contributed by atoms with van der Waals surface area (Å²) in [4.78, 5) is 17.7. The van der Waals surface area contributed by atoms with Gasteiger partial charge in [0, 0.05) is 43.0 Å². The van der Waals surface area contributed by atoms with Crippen LogP contribution < -0.4 is 10.2 Å². The van der Waals surface area contributed by atoms with Crippen molar-refractivity contribution in [2.45, 2.75) is 13.8 Å². The van der Waals surface area contributed by atoms with Crippen LogP contribution in [-0.4, -0.2) is 48.7 Å². The quantitative estimate of drug-likeness (QED) is 0.393. The van der Waals surface area contributed by atoms with E-state index in [1.165, 1.54) is 5.56 Å². The second-order valence-electron chi connectivity index (χ2n) is 8.65. The summed E-state index contributed by atoms with van der Waals surface area (Å²) in [5.74, 6) is 0.443. The van der Waals surface area contributed by atoms with Gasteiger partial charge in [-0.3, -0.25) is 4.79 Å². The van der Waals surface area contributed by atoms with Crippen LogP contribution in [0.4, 0.5) is 11.4 Å². The topological polar surface area (TPSA) is 61.6 Å². The Kier molecular flexibility index (Phi) is 6.26. The number of aromatic nitrogens is 1. The Morgan fingerprint density at radius 3 is 2.50 bits per heavy atom. The zero-order chi connectivity index (χ0) is 23.7. The average Bonchev–Trinajstić information content (AvgIpc) is 3.28. The number of piperazine rings is 1. The third-order valence-electron chi connectivity index (χ3n) is 6.42. The number of carbonyl (C=O) groups excluding carboxylic acids is 1. The van der Waals surface area contributed by atoms with Crippen LogP contribution in [0.1, 0.15) is 22.8 Å². The molecule has 0 atom stereocenters. The van der Waals surface area contributed by atoms with Gasteiger partial charge in [-0.1, -0.05) is 53.5 Å². The molecule has 1 aromatic heterocycles. The van der Waals surface area contributed by atoms with Gasteiger partial charge in [0.15, 0.2) is 5.76 Å². The molecule has 0 spiro atoms. The summed E-state index contributed by atoms with van der Waals surface area (Å²) in [5, 5.41) is 8.55. The molecular weight excluding hydrogens is 448 g/mol. The van der Waals surface area contributed by atoms with Crippen molar-refractivity contribution < 1.29 is 9.32 Å². The fourth-order valence-electron chi connectivity index (χ4n) is 4.35. The van der Waals surface area contributed by atoms with E-state index in [-0.39, 0.29) is 5.91 Å². The maximum absolute atomic E-state index is 13.0. The second kappa shape index (κ2) is 9.49. The molecule has 7 heteroatoms. The van der Waals surface area contributed by atoms with Crippen LogP contribution in [0.15, 0.2) is 65.2 Å². The lowest BCUT2D eigenvalue weighted by atomic mass is 10.0. The van der Waals surface area contributed by atoms with Crippen molar-refractivity contribution in [3.8, 4) is 11.3 Å². The predicted molar refractivity (Wildman–Crippen MR) is 138 cm³/mol. The van der Waals surface area contributed by atoms with Gasteiger partial charge < -0.3 is 19.6 Å². The Morgan fingerprint density at radius 2 is 1.79 bits per heavy atom. The molecule has 174 valence electrons. The van der Waals surface area contributed by atoms with E-state index in [4.69, 9.17) is 16.1 Å². The molecule has 0 radical (unpaired) electrons. The average molecular weight is 475 g/mol. The highest BCUT2D eigenvalue weighted by molar-refractivity contribution is 6.33. The van der Waals surface area contributed by atoms with Crippen molar-refractivity contribution in [2.24, 2.45) is 0 Å². The molecule has 0 unspecified atom stereocenters. The third-order valence-corrected chi connectivity index (χ3v) is 6.72. The first kappa shape index (κ1) is 22.4. The Labute approximate surface area is 204 Å². The number of halogens is 1. The van der Waals surface area contributed by atoms with Crippen molar-refractivity contribution in [3.05, 3.63) is 76.8 Å².